The summed E-state index contributed by atoms with van der Waals surface area (Å²) in [4.78, 5) is 9.76. The van der Waals surface area contributed by atoms with Gasteiger partial charge >= 0.3 is 0 Å². The van der Waals surface area contributed by atoms with Crippen molar-refractivity contribution in [2.24, 2.45) is 5.18 Å². The van der Waals surface area contributed by atoms with Crippen molar-refractivity contribution in [1.29, 1.82) is 0 Å². The van der Waals surface area contributed by atoms with Crippen LogP contribution in [0.5, 0.6) is 0 Å². The molecule has 0 aliphatic heterocycles. The third kappa shape index (κ3) is 4.57. The van der Waals surface area contributed by atoms with Gasteiger partial charge in [0, 0.05) is 5.69 Å². The number of anilines is 1. The van der Waals surface area contributed by atoms with Crippen LogP contribution in [0.25, 0.3) is 0 Å². The van der Waals surface area contributed by atoms with E-state index in [-0.39, 0.29) is 0 Å². The predicted octanol–water partition coefficient (Wildman–Crippen LogP) is 3.35. The second kappa shape index (κ2) is 6.32. The van der Waals surface area contributed by atoms with E-state index in [9.17, 15) is 4.91 Å². The standard InChI is InChI=1S/C6H5NO.C6H7N/c8-7-6-4-2-1-3-5-6;7-6-4-2-1-3-5-6/h1-5H;1-5H,7H2. The Balaban J connectivity index is 0.000000151. The first kappa shape index (κ1) is 10.9. The Bertz CT molecular complexity index is 387. The van der Waals surface area contributed by atoms with Crippen molar-refractivity contribution in [2.45, 2.75) is 0 Å². The molecule has 2 aromatic rings. The molecule has 3 nitrogen and oxygen atoms in total. The van der Waals surface area contributed by atoms with Crippen LogP contribution in [-0.4, -0.2) is 0 Å². The van der Waals surface area contributed by atoms with E-state index in [0.717, 1.165) is 5.69 Å². The molecule has 0 aliphatic carbocycles. The van der Waals surface area contributed by atoms with Crippen LogP contribution in [-0.2, 0) is 0 Å². The van der Waals surface area contributed by atoms with E-state index in [2.05, 4.69) is 5.18 Å². The van der Waals surface area contributed by atoms with Gasteiger partial charge in [-0.25, -0.2) is 0 Å². The molecule has 3 heteroatoms. The van der Waals surface area contributed by atoms with E-state index in [4.69, 9.17) is 5.73 Å². The summed E-state index contributed by atoms with van der Waals surface area (Å²) >= 11 is 0. The van der Waals surface area contributed by atoms with E-state index in [1.54, 1.807) is 24.3 Å². The number of hydrogen-bond donors (Lipinski definition) is 1. The van der Waals surface area contributed by atoms with Crippen LogP contribution < -0.4 is 5.73 Å². The van der Waals surface area contributed by atoms with Gasteiger partial charge in [-0.1, -0.05) is 36.4 Å². The Hall–Kier alpha value is -2.16. The highest BCUT2D eigenvalue weighted by Gasteiger charge is 1.81. The monoisotopic (exact) mass is 200 g/mol. The summed E-state index contributed by atoms with van der Waals surface area (Å²) in [6.45, 7) is 0. The maximum Gasteiger partial charge on any atom is 0.107 e. The largest absolute Gasteiger partial charge is 0.399 e. The van der Waals surface area contributed by atoms with Crippen LogP contribution in [0.4, 0.5) is 11.4 Å². The Morgan fingerprint density at radius 3 is 1.53 bits per heavy atom. The van der Waals surface area contributed by atoms with Crippen LogP contribution in [0.2, 0.25) is 0 Å². The summed E-state index contributed by atoms with van der Waals surface area (Å²) in [5.41, 5.74) is 6.66. The van der Waals surface area contributed by atoms with E-state index in [1.165, 1.54) is 0 Å². The Morgan fingerprint density at radius 2 is 1.27 bits per heavy atom. The molecule has 0 aromatic heterocycles. The minimum atomic E-state index is 0.479. The number of hydrogen-bond acceptors (Lipinski definition) is 3. The lowest BCUT2D eigenvalue weighted by Gasteiger charge is -1.83. The second-order valence-corrected chi connectivity index (χ2v) is 2.84. The zero-order chi connectivity index (χ0) is 10.9. The molecule has 2 rings (SSSR count). The summed E-state index contributed by atoms with van der Waals surface area (Å²) in [5, 5.41) is 2.72. The number of nitrogens with zero attached hydrogens (tertiary/aromatic N) is 1. The summed E-state index contributed by atoms with van der Waals surface area (Å²) < 4.78 is 0. The Kier molecular flexibility index (Phi) is 4.60. The van der Waals surface area contributed by atoms with Crippen molar-refractivity contribution in [2.75, 3.05) is 5.73 Å². The predicted molar refractivity (Wildman–Crippen MR) is 62.8 cm³/mol. The first-order valence-electron chi connectivity index (χ1n) is 4.52. The van der Waals surface area contributed by atoms with Gasteiger partial charge in [0.15, 0.2) is 0 Å². The molecule has 0 radical (unpaired) electrons. The second-order valence-electron chi connectivity index (χ2n) is 2.84. The van der Waals surface area contributed by atoms with E-state index >= 15 is 0 Å². The zero-order valence-corrected chi connectivity index (χ0v) is 8.21. The SMILES string of the molecule is Nc1ccccc1.O=Nc1ccccc1. The maximum atomic E-state index is 9.76. The number of rotatable bonds is 1. The molecule has 0 spiro atoms. The zero-order valence-electron chi connectivity index (χ0n) is 8.21. The molecular weight excluding hydrogens is 188 g/mol. The molecule has 2 N–H and O–H groups in total. The summed E-state index contributed by atoms with van der Waals surface area (Å²) in [7, 11) is 0. The van der Waals surface area contributed by atoms with Gasteiger partial charge < -0.3 is 5.73 Å². The van der Waals surface area contributed by atoms with Crippen molar-refractivity contribution in [3.05, 3.63) is 65.6 Å². The number of nitroso groups, excluding NO2 is 1. The highest BCUT2D eigenvalue weighted by atomic mass is 16.3. The van der Waals surface area contributed by atoms with E-state index in [0.29, 0.717) is 5.69 Å². The molecule has 0 bridgehead atoms. The molecule has 0 heterocycles. The summed E-state index contributed by atoms with van der Waals surface area (Å²) in [6, 6.07) is 18.2. The Labute approximate surface area is 88.5 Å². The van der Waals surface area contributed by atoms with Crippen molar-refractivity contribution in [3.63, 3.8) is 0 Å². The first-order valence-corrected chi connectivity index (χ1v) is 4.52. The average Bonchev–Trinajstić information content (AvgIpc) is 2.32. The third-order valence-electron chi connectivity index (χ3n) is 1.66. The average molecular weight is 200 g/mol. The molecule has 0 saturated carbocycles. The number of benzene rings is 2. The van der Waals surface area contributed by atoms with E-state index < -0.39 is 0 Å². The van der Waals surface area contributed by atoms with Gasteiger partial charge in [-0.05, 0) is 29.4 Å². The van der Waals surface area contributed by atoms with Crippen molar-refractivity contribution in [1.82, 2.24) is 0 Å². The first-order chi connectivity index (χ1) is 7.33. The number of nitrogens with two attached hydrogens (primary N) is 1. The smallest absolute Gasteiger partial charge is 0.107 e. The fourth-order valence-electron chi connectivity index (χ4n) is 0.942. The van der Waals surface area contributed by atoms with Gasteiger partial charge in [-0.15, -0.1) is 4.91 Å². The number of para-hydroxylation sites is 1. The van der Waals surface area contributed by atoms with Gasteiger partial charge in [-0.3, -0.25) is 0 Å². The maximum absolute atomic E-state index is 9.76. The van der Waals surface area contributed by atoms with Gasteiger partial charge in [0.2, 0.25) is 0 Å². The summed E-state index contributed by atoms with van der Waals surface area (Å²) in [6.07, 6.45) is 0. The minimum Gasteiger partial charge on any atom is -0.399 e. The quantitative estimate of drug-likeness (QED) is 0.566. The summed E-state index contributed by atoms with van der Waals surface area (Å²) in [5.74, 6) is 0. The fraction of sp³-hybridized carbons (Fsp3) is 0. The minimum absolute atomic E-state index is 0.479. The lowest BCUT2D eigenvalue weighted by atomic mass is 10.3. The molecular formula is C12H12N2O. The molecule has 0 amide bonds. The molecule has 76 valence electrons. The van der Waals surface area contributed by atoms with Crippen LogP contribution in [0, 0.1) is 4.91 Å². The van der Waals surface area contributed by atoms with Crippen LogP contribution in [0.1, 0.15) is 0 Å². The van der Waals surface area contributed by atoms with Crippen molar-refractivity contribution < 1.29 is 0 Å². The third-order valence-corrected chi connectivity index (χ3v) is 1.66. The van der Waals surface area contributed by atoms with Crippen LogP contribution in [0.3, 0.4) is 0 Å². The van der Waals surface area contributed by atoms with Gasteiger partial charge in [0.05, 0.1) is 0 Å². The lowest BCUT2D eigenvalue weighted by Crippen LogP contribution is -1.79. The highest BCUT2D eigenvalue weighted by Crippen LogP contribution is 2.07. The van der Waals surface area contributed by atoms with E-state index in [1.807, 2.05) is 36.4 Å². The molecule has 0 fully saturated rings. The van der Waals surface area contributed by atoms with Crippen LogP contribution in [0.15, 0.2) is 65.8 Å². The molecule has 2 aromatic carbocycles. The molecule has 0 atom stereocenters. The molecule has 0 aliphatic rings. The fourth-order valence-corrected chi connectivity index (χ4v) is 0.942. The number of nitrogen functional groups attached to an aromatic ring is 1. The highest BCUT2D eigenvalue weighted by molar-refractivity contribution is 5.36. The lowest BCUT2D eigenvalue weighted by molar-refractivity contribution is 1.50. The topological polar surface area (TPSA) is 55.5 Å². The van der Waals surface area contributed by atoms with Gasteiger partial charge in [-0.2, -0.15) is 0 Å². The van der Waals surface area contributed by atoms with Gasteiger partial charge in [0.25, 0.3) is 0 Å². The molecule has 15 heavy (non-hydrogen) atoms. The molecule has 0 unspecified atom stereocenters. The molecule has 0 saturated heterocycles. The van der Waals surface area contributed by atoms with Crippen molar-refractivity contribution >= 4 is 11.4 Å². The normalized spacial score (nSPS) is 8.53. The Morgan fingerprint density at radius 1 is 0.800 bits per heavy atom. The van der Waals surface area contributed by atoms with Crippen molar-refractivity contribution in [3.8, 4) is 0 Å². The van der Waals surface area contributed by atoms with Gasteiger partial charge in [0.1, 0.15) is 5.69 Å². The van der Waals surface area contributed by atoms with Crippen LogP contribution >= 0.6 is 0 Å².